The van der Waals surface area contributed by atoms with Crippen LogP contribution in [0.15, 0.2) is 30.7 Å². The topological polar surface area (TPSA) is 67.4 Å². The van der Waals surface area contributed by atoms with Crippen LogP contribution in [0.1, 0.15) is 25.6 Å². The number of hydrogen-bond acceptors (Lipinski definition) is 6. The first-order chi connectivity index (χ1) is 11.8. The molecule has 4 heterocycles. The van der Waals surface area contributed by atoms with Crippen molar-refractivity contribution in [2.45, 2.75) is 26.4 Å². The molecule has 0 aliphatic carbocycles. The van der Waals surface area contributed by atoms with E-state index in [0.717, 1.165) is 44.2 Å². The number of hydrogen-bond donors (Lipinski definition) is 0. The van der Waals surface area contributed by atoms with Crippen LogP contribution in [0.4, 0.5) is 5.82 Å². The van der Waals surface area contributed by atoms with Crippen LogP contribution in [0.2, 0.25) is 0 Å². The normalized spacial score (nSPS) is 17.6. The highest BCUT2D eigenvalue weighted by atomic mass is 15.4. The van der Waals surface area contributed by atoms with Crippen molar-refractivity contribution in [1.29, 1.82) is 0 Å². The second-order valence-corrected chi connectivity index (χ2v) is 6.11. The Morgan fingerprint density at radius 1 is 1.21 bits per heavy atom. The SMILES string of the molecule is CCN(CC)C[C@@H]1CN(c2ccc3nncn3n2)Cc2ccnn21. The van der Waals surface area contributed by atoms with Gasteiger partial charge in [0.2, 0.25) is 0 Å². The Balaban J connectivity index is 1.63. The lowest BCUT2D eigenvalue weighted by Gasteiger charge is -2.36. The molecule has 3 aromatic rings. The van der Waals surface area contributed by atoms with Crippen LogP contribution >= 0.6 is 0 Å². The maximum Gasteiger partial charge on any atom is 0.177 e. The van der Waals surface area contributed by atoms with Gasteiger partial charge in [0.1, 0.15) is 12.1 Å². The fourth-order valence-corrected chi connectivity index (χ4v) is 3.36. The molecule has 0 unspecified atom stereocenters. The Labute approximate surface area is 140 Å². The molecule has 0 bridgehead atoms. The summed E-state index contributed by atoms with van der Waals surface area (Å²) in [4.78, 5) is 4.75. The van der Waals surface area contributed by atoms with Gasteiger partial charge in [0, 0.05) is 19.3 Å². The Morgan fingerprint density at radius 2 is 2.08 bits per heavy atom. The maximum absolute atomic E-state index is 4.64. The van der Waals surface area contributed by atoms with Gasteiger partial charge in [0.25, 0.3) is 0 Å². The lowest BCUT2D eigenvalue weighted by atomic mass is 10.1. The minimum atomic E-state index is 0.321. The van der Waals surface area contributed by atoms with Gasteiger partial charge in [-0.2, -0.15) is 9.61 Å². The standard InChI is InChI=1S/C16H22N8/c1-3-21(4-2)9-14-11-22(10-13-7-8-18-24(13)14)16-6-5-15-19-17-12-23(15)20-16/h5-8,12,14H,3-4,9-11H2,1-2H3/t14-/m1/s1. The first-order valence-corrected chi connectivity index (χ1v) is 8.45. The number of likely N-dealkylation sites (N-methyl/N-ethyl adjacent to an activating group) is 1. The summed E-state index contributed by atoms with van der Waals surface area (Å²) in [7, 11) is 0. The minimum absolute atomic E-state index is 0.321. The maximum atomic E-state index is 4.64. The van der Waals surface area contributed by atoms with E-state index in [2.05, 4.69) is 54.8 Å². The summed E-state index contributed by atoms with van der Waals surface area (Å²) in [5, 5.41) is 17.1. The van der Waals surface area contributed by atoms with E-state index in [1.54, 1.807) is 10.8 Å². The molecule has 0 N–H and O–H groups in total. The van der Waals surface area contributed by atoms with Gasteiger partial charge >= 0.3 is 0 Å². The van der Waals surface area contributed by atoms with Crippen molar-refractivity contribution >= 4 is 11.5 Å². The van der Waals surface area contributed by atoms with E-state index in [1.165, 1.54) is 5.69 Å². The minimum Gasteiger partial charge on any atom is -0.347 e. The highest BCUT2D eigenvalue weighted by Gasteiger charge is 2.27. The molecule has 1 aliphatic heterocycles. The average molecular weight is 326 g/mol. The Hall–Kier alpha value is -2.48. The molecule has 4 rings (SSSR count). The summed E-state index contributed by atoms with van der Waals surface area (Å²) in [6.07, 6.45) is 3.53. The van der Waals surface area contributed by atoms with Gasteiger partial charge in [-0.15, -0.1) is 15.3 Å². The molecule has 0 saturated heterocycles. The summed E-state index contributed by atoms with van der Waals surface area (Å²) < 4.78 is 3.90. The number of nitrogens with zero attached hydrogens (tertiary/aromatic N) is 8. The van der Waals surface area contributed by atoms with Crippen molar-refractivity contribution in [3.8, 4) is 0 Å². The van der Waals surface area contributed by atoms with Gasteiger partial charge < -0.3 is 9.80 Å². The Morgan fingerprint density at radius 3 is 2.92 bits per heavy atom. The molecule has 24 heavy (non-hydrogen) atoms. The molecule has 8 heteroatoms. The number of anilines is 1. The van der Waals surface area contributed by atoms with E-state index < -0.39 is 0 Å². The van der Waals surface area contributed by atoms with Crippen molar-refractivity contribution < 1.29 is 0 Å². The Bertz CT molecular complexity index is 818. The van der Waals surface area contributed by atoms with Crippen LogP contribution in [0.25, 0.3) is 5.65 Å². The molecule has 3 aromatic heterocycles. The van der Waals surface area contributed by atoms with Gasteiger partial charge in [-0.25, -0.2) is 0 Å². The van der Waals surface area contributed by atoms with Crippen molar-refractivity contribution in [3.63, 3.8) is 0 Å². The second kappa shape index (κ2) is 6.20. The highest BCUT2D eigenvalue weighted by Crippen LogP contribution is 2.25. The smallest absolute Gasteiger partial charge is 0.177 e. The van der Waals surface area contributed by atoms with Crippen molar-refractivity contribution in [2.24, 2.45) is 0 Å². The summed E-state index contributed by atoms with van der Waals surface area (Å²) in [6.45, 7) is 9.21. The molecule has 1 atom stereocenters. The molecular weight excluding hydrogens is 304 g/mol. The van der Waals surface area contributed by atoms with Crippen LogP contribution in [0.3, 0.4) is 0 Å². The van der Waals surface area contributed by atoms with Crippen molar-refractivity contribution in [2.75, 3.05) is 31.1 Å². The van der Waals surface area contributed by atoms with E-state index in [0.29, 0.717) is 6.04 Å². The molecule has 8 nitrogen and oxygen atoms in total. The molecule has 0 radical (unpaired) electrons. The number of aromatic nitrogens is 6. The summed E-state index contributed by atoms with van der Waals surface area (Å²) in [5.74, 6) is 0.944. The summed E-state index contributed by atoms with van der Waals surface area (Å²) in [6, 6.07) is 6.39. The highest BCUT2D eigenvalue weighted by molar-refractivity contribution is 5.46. The number of fused-ring (bicyclic) bond motifs is 2. The van der Waals surface area contributed by atoms with Crippen LogP contribution in [-0.4, -0.2) is 60.7 Å². The van der Waals surface area contributed by atoms with Gasteiger partial charge in [-0.3, -0.25) is 4.68 Å². The van der Waals surface area contributed by atoms with Crippen LogP contribution in [0, 0.1) is 0 Å². The fraction of sp³-hybridized carbons (Fsp3) is 0.500. The molecular formula is C16H22N8. The van der Waals surface area contributed by atoms with Gasteiger partial charge in [0.05, 0.1) is 18.3 Å². The molecule has 0 aromatic carbocycles. The first kappa shape index (κ1) is 15.1. The van der Waals surface area contributed by atoms with Crippen LogP contribution in [0.5, 0.6) is 0 Å². The zero-order chi connectivity index (χ0) is 16.5. The van der Waals surface area contributed by atoms with Crippen LogP contribution in [-0.2, 0) is 6.54 Å². The Kier molecular flexibility index (Phi) is 3.89. The molecule has 126 valence electrons. The average Bonchev–Trinajstić information content (AvgIpc) is 3.27. The van der Waals surface area contributed by atoms with E-state index in [4.69, 9.17) is 0 Å². The zero-order valence-corrected chi connectivity index (χ0v) is 14.1. The predicted octanol–water partition coefficient (Wildman–Crippen LogP) is 1.22. The van der Waals surface area contributed by atoms with Gasteiger partial charge in [-0.1, -0.05) is 13.8 Å². The van der Waals surface area contributed by atoms with Crippen molar-refractivity contribution in [1.82, 2.24) is 34.5 Å². The molecule has 0 saturated carbocycles. The lowest BCUT2D eigenvalue weighted by molar-refractivity contribution is 0.233. The molecule has 0 fully saturated rings. The monoisotopic (exact) mass is 326 g/mol. The quantitative estimate of drug-likeness (QED) is 0.702. The fourth-order valence-electron chi connectivity index (χ4n) is 3.36. The molecule has 1 aliphatic rings. The van der Waals surface area contributed by atoms with Crippen molar-refractivity contribution in [3.05, 3.63) is 36.4 Å². The second-order valence-electron chi connectivity index (χ2n) is 6.11. The van der Waals surface area contributed by atoms with E-state index in [9.17, 15) is 0 Å². The third-order valence-electron chi connectivity index (χ3n) is 4.72. The van der Waals surface area contributed by atoms with E-state index >= 15 is 0 Å². The predicted molar refractivity (Wildman–Crippen MR) is 90.9 cm³/mol. The third kappa shape index (κ3) is 2.62. The van der Waals surface area contributed by atoms with Crippen LogP contribution < -0.4 is 4.90 Å². The third-order valence-corrected chi connectivity index (χ3v) is 4.72. The number of rotatable bonds is 5. The largest absolute Gasteiger partial charge is 0.347 e. The summed E-state index contributed by atoms with van der Waals surface area (Å²) in [5.41, 5.74) is 1.99. The van der Waals surface area contributed by atoms with Gasteiger partial charge in [-0.05, 0) is 31.3 Å². The molecule has 0 amide bonds. The zero-order valence-electron chi connectivity index (χ0n) is 14.1. The first-order valence-electron chi connectivity index (χ1n) is 8.45. The summed E-state index contributed by atoms with van der Waals surface area (Å²) >= 11 is 0. The van der Waals surface area contributed by atoms with E-state index in [1.807, 2.05) is 18.3 Å². The lowest BCUT2D eigenvalue weighted by Crippen LogP contribution is -2.43. The molecule has 0 spiro atoms. The van der Waals surface area contributed by atoms with Gasteiger partial charge in [0.15, 0.2) is 5.65 Å². The van der Waals surface area contributed by atoms with E-state index in [-0.39, 0.29) is 0 Å².